The minimum absolute atomic E-state index is 0.284. The number of aromatic amines is 1. The van der Waals surface area contributed by atoms with Crippen LogP contribution in [0.15, 0.2) is 48.8 Å². The maximum atomic E-state index is 12.7. The molecule has 2 amide bonds. The number of carbonyl (C=O) groups is 4. The van der Waals surface area contributed by atoms with Gasteiger partial charge in [0.25, 0.3) is 11.8 Å². The summed E-state index contributed by atoms with van der Waals surface area (Å²) < 4.78 is 12.5. The fourth-order valence-corrected chi connectivity index (χ4v) is 3.68. The average molecular weight is 477 g/mol. The molecule has 0 aliphatic carbocycles. The van der Waals surface area contributed by atoms with Crippen LogP contribution < -0.4 is 10.6 Å². The van der Waals surface area contributed by atoms with Crippen molar-refractivity contribution in [2.24, 2.45) is 14.1 Å². The first-order valence-electron chi connectivity index (χ1n) is 10.4. The minimum atomic E-state index is -0.513. The van der Waals surface area contributed by atoms with Gasteiger partial charge in [-0.3, -0.25) is 9.59 Å². The molecule has 0 spiro atoms. The third-order valence-corrected chi connectivity index (χ3v) is 5.44. The van der Waals surface area contributed by atoms with Crippen LogP contribution in [-0.4, -0.2) is 52.1 Å². The van der Waals surface area contributed by atoms with Gasteiger partial charge in [0.2, 0.25) is 0 Å². The SMILES string of the molecule is COC(=O)c1cc(NC(=O)c2ccc3[nH]c(C(=O)Nc4cc(C(=O)OC)n(C)c4)cc3c2)cn1C. The smallest absolute Gasteiger partial charge is 0.354 e. The molecule has 0 saturated heterocycles. The second kappa shape index (κ2) is 9.21. The number of amides is 2. The summed E-state index contributed by atoms with van der Waals surface area (Å²) in [5.41, 5.74) is 2.81. The van der Waals surface area contributed by atoms with Gasteiger partial charge in [-0.1, -0.05) is 0 Å². The Morgan fingerprint density at radius 3 is 1.86 bits per heavy atom. The molecule has 0 fully saturated rings. The number of methoxy groups -OCH3 is 2. The Balaban J connectivity index is 1.50. The Labute approximate surface area is 199 Å². The van der Waals surface area contributed by atoms with E-state index < -0.39 is 17.8 Å². The van der Waals surface area contributed by atoms with Gasteiger partial charge < -0.3 is 34.2 Å². The predicted octanol–water partition coefficient (Wildman–Crippen LogP) is 2.92. The molecule has 0 aliphatic heterocycles. The number of benzene rings is 1. The lowest BCUT2D eigenvalue weighted by Gasteiger charge is -2.03. The lowest BCUT2D eigenvalue weighted by atomic mass is 10.1. The van der Waals surface area contributed by atoms with Crippen molar-refractivity contribution in [1.82, 2.24) is 14.1 Å². The monoisotopic (exact) mass is 477 g/mol. The number of rotatable bonds is 6. The van der Waals surface area contributed by atoms with E-state index in [2.05, 4.69) is 15.6 Å². The highest BCUT2D eigenvalue weighted by Crippen LogP contribution is 2.21. The van der Waals surface area contributed by atoms with Gasteiger partial charge in [-0.15, -0.1) is 0 Å². The maximum Gasteiger partial charge on any atom is 0.354 e. The van der Waals surface area contributed by atoms with Crippen LogP contribution in [0.1, 0.15) is 41.8 Å². The summed E-state index contributed by atoms with van der Waals surface area (Å²) in [4.78, 5) is 52.0. The van der Waals surface area contributed by atoms with Crippen LogP contribution in [0.4, 0.5) is 11.4 Å². The normalized spacial score (nSPS) is 10.7. The zero-order valence-corrected chi connectivity index (χ0v) is 19.5. The van der Waals surface area contributed by atoms with E-state index in [1.807, 2.05) is 0 Å². The van der Waals surface area contributed by atoms with Gasteiger partial charge in [0, 0.05) is 43.0 Å². The number of hydrogen-bond acceptors (Lipinski definition) is 6. The topological polar surface area (TPSA) is 136 Å². The summed E-state index contributed by atoms with van der Waals surface area (Å²) in [5, 5.41) is 6.14. The van der Waals surface area contributed by atoms with Crippen LogP contribution in [0.5, 0.6) is 0 Å². The number of esters is 2. The molecule has 180 valence electrons. The number of H-pyrrole nitrogens is 1. The van der Waals surface area contributed by atoms with E-state index in [4.69, 9.17) is 9.47 Å². The largest absolute Gasteiger partial charge is 0.464 e. The third kappa shape index (κ3) is 4.64. The summed E-state index contributed by atoms with van der Waals surface area (Å²) in [6.07, 6.45) is 3.21. The van der Waals surface area contributed by atoms with E-state index in [0.29, 0.717) is 39.2 Å². The molecule has 0 aliphatic rings. The van der Waals surface area contributed by atoms with Crippen LogP contribution in [0.3, 0.4) is 0 Å². The summed E-state index contributed by atoms with van der Waals surface area (Å²) in [6, 6.07) is 9.65. The molecule has 3 N–H and O–H groups in total. The first-order valence-corrected chi connectivity index (χ1v) is 10.4. The molecule has 1 aromatic carbocycles. The predicted molar refractivity (Wildman–Crippen MR) is 128 cm³/mol. The number of fused-ring (bicyclic) bond motifs is 1. The number of hydrogen-bond donors (Lipinski definition) is 3. The average Bonchev–Trinajstić information content (AvgIpc) is 3.53. The van der Waals surface area contributed by atoms with E-state index in [9.17, 15) is 19.2 Å². The number of nitrogens with one attached hydrogen (secondary N) is 3. The Morgan fingerprint density at radius 2 is 1.31 bits per heavy atom. The fraction of sp³-hybridized carbons (Fsp3) is 0.167. The van der Waals surface area contributed by atoms with Crippen molar-refractivity contribution in [2.45, 2.75) is 0 Å². The van der Waals surface area contributed by atoms with Crippen LogP contribution in [-0.2, 0) is 23.6 Å². The zero-order valence-electron chi connectivity index (χ0n) is 19.5. The summed E-state index contributed by atoms with van der Waals surface area (Å²) >= 11 is 0. The highest BCUT2D eigenvalue weighted by molar-refractivity contribution is 6.09. The molecular weight excluding hydrogens is 454 g/mol. The summed E-state index contributed by atoms with van der Waals surface area (Å²) in [6.45, 7) is 0. The fourth-order valence-electron chi connectivity index (χ4n) is 3.68. The quantitative estimate of drug-likeness (QED) is 0.365. The molecule has 0 unspecified atom stereocenters. The van der Waals surface area contributed by atoms with Crippen molar-refractivity contribution in [3.8, 4) is 0 Å². The molecule has 4 aromatic rings. The van der Waals surface area contributed by atoms with Gasteiger partial charge in [-0.05, 0) is 36.4 Å². The van der Waals surface area contributed by atoms with Crippen LogP contribution in [0, 0.1) is 0 Å². The third-order valence-electron chi connectivity index (χ3n) is 5.44. The van der Waals surface area contributed by atoms with Gasteiger partial charge in [0.05, 0.1) is 25.6 Å². The first kappa shape index (κ1) is 23.4. The van der Waals surface area contributed by atoms with Gasteiger partial charge in [-0.2, -0.15) is 0 Å². The first-order chi connectivity index (χ1) is 16.7. The number of anilines is 2. The molecular formula is C24H23N5O6. The molecule has 0 bridgehead atoms. The van der Waals surface area contributed by atoms with Crippen molar-refractivity contribution < 1.29 is 28.7 Å². The number of aromatic nitrogens is 3. The highest BCUT2D eigenvalue weighted by Gasteiger charge is 2.17. The molecule has 35 heavy (non-hydrogen) atoms. The lowest BCUT2D eigenvalue weighted by molar-refractivity contribution is 0.0581. The van der Waals surface area contributed by atoms with Crippen molar-refractivity contribution in [1.29, 1.82) is 0 Å². The molecule has 0 saturated carbocycles. The summed E-state index contributed by atoms with van der Waals surface area (Å²) in [7, 11) is 5.91. The molecule has 0 atom stereocenters. The number of aryl methyl sites for hydroxylation is 2. The van der Waals surface area contributed by atoms with Crippen molar-refractivity contribution in [2.75, 3.05) is 24.9 Å². The Hall–Kier alpha value is -4.80. The van der Waals surface area contributed by atoms with E-state index in [1.165, 1.54) is 26.4 Å². The molecule has 0 radical (unpaired) electrons. The van der Waals surface area contributed by atoms with Gasteiger partial charge >= 0.3 is 11.9 Å². The van der Waals surface area contributed by atoms with Crippen LogP contribution in [0.2, 0.25) is 0 Å². The second-order valence-electron chi connectivity index (χ2n) is 7.83. The number of ether oxygens (including phenoxy) is 2. The number of carbonyl (C=O) groups excluding carboxylic acids is 4. The molecule has 11 nitrogen and oxygen atoms in total. The molecule has 3 heterocycles. The Kier molecular flexibility index (Phi) is 6.15. The number of nitrogens with zero attached hydrogens (tertiary/aromatic N) is 2. The maximum absolute atomic E-state index is 12.7. The lowest BCUT2D eigenvalue weighted by Crippen LogP contribution is -2.11. The van der Waals surface area contributed by atoms with E-state index in [0.717, 1.165) is 0 Å². The standard InChI is InChI=1S/C24H23N5O6/c1-28-11-15(9-19(28)23(32)34-3)25-21(30)13-5-6-17-14(7-13)8-18(27-17)22(31)26-16-10-20(24(33)35-4)29(2)12-16/h5-12,27H,1-4H3,(H,25,30)(H,26,31). The van der Waals surface area contributed by atoms with Crippen LogP contribution >= 0.6 is 0 Å². The van der Waals surface area contributed by atoms with Crippen LogP contribution in [0.25, 0.3) is 10.9 Å². The van der Waals surface area contributed by atoms with Gasteiger partial charge in [0.15, 0.2) is 0 Å². The minimum Gasteiger partial charge on any atom is -0.464 e. The summed E-state index contributed by atoms with van der Waals surface area (Å²) in [5.74, 6) is -1.81. The Bertz CT molecular complexity index is 1400. The van der Waals surface area contributed by atoms with Crippen molar-refractivity contribution >= 4 is 46.0 Å². The van der Waals surface area contributed by atoms with E-state index in [1.54, 1.807) is 59.9 Å². The van der Waals surface area contributed by atoms with Gasteiger partial charge in [0.1, 0.15) is 17.1 Å². The molecule has 11 heteroatoms. The van der Waals surface area contributed by atoms with Crippen molar-refractivity contribution in [3.63, 3.8) is 0 Å². The molecule has 3 aromatic heterocycles. The Morgan fingerprint density at radius 1 is 0.771 bits per heavy atom. The van der Waals surface area contributed by atoms with Gasteiger partial charge in [-0.25, -0.2) is 9.59 Å². The van der Waals surface area contributed by atoms with E-state index in [-0.39, 0.29) is 11.6 Å². The second-order valence-corrected chi connectivity index (χ2v) is 7.83. The zero-order chi connectivity index (χ0) is 25.3. The highest BCUT2D eigenvalue weighted by atomic mass is 16.5. The van der Waals surface area contributed by atoms with Crippen molar-refractivity contribution in [3.05, 3.63) is 71.4 Å². The molecule has 4 rings (SSSR count). The van der Waals surface area contributed by atoms with E-state index >= 15 is 0 Å².